The minimum Gasteiger partial charge on any atom is -0.432 e. The Morgan fingerprint density at radius 1 is 1.46 bits per heavy atom. The van der Waals surface area contributed by atoms with Crippen LogP contribution < -0.4 is 11.5 Å². The maximum Gasteiger partial charge on any atom is 0.254 e. The van der Waals surface area contributed by atoms with Gasteiger partial charge in [-0.15, -0.1) is 11.8 Å². The summed E-state index contributed by atoms with van der Waals surface area (Å²) in [7, 11) is -2.22. The van der Waals surface area contributed by atoms with Gasteiger partial charge in [-0.05, 0) is 37.2 Å². The van der Waals surface area contributed by atoms with Crippen molar-refractivity contribution in [3.8, 4) is 0 Å². The van der Waals surface area contributed by atoms with Crippen LogP contribution in [0.4, 0.5) is 0 Å². The maximum atomic E-state index is 12.4. The van der Waals surface area contributed by atoms with Crippen molar-refractivity contribution in [1.82, 2.24) is 4.90 Å². The minimum atomic E-state index is -2.22. The molecule has 0 aliphatic carbocycles. The van der Waals surface area contributed by atoms with E-state index in [0.29, 0.717) is 28.7 Å². The second kappa shape index (κ2) is 8.92. The molecule has 6 nitrogen and oxygen atoms in total. The summed E-state index contributed by atoms with van der Waals surface area (Å²) in [6, 6.07) is 0. The van der Waals surface area contributed by atoms with E-state index in [-0.39, 0.29) is 10.9 Å². The Bertz CT molecular complexity index is 648. The van der Waals surface area contributed by atoms with Gasteiger partial charge in [-0.2, -0.15) is 0 Å². The third kappa shape index (κ3) is 5.49. The van der Waals surface area contributed by atoms with Crippen LogP contribution >= 0.6 is 11.8 Å². The average Bonchev–Trinajstić information content (AvgIpc) is 2.52. The van der Waals surface area contributed by atoms with Crippen molar-refractivity contribution in [3.05, 3.63) is 35.2 Å². The number of amides is 1. The molecule has 1 amide bonds. The molecule has 0 aromatic rings. The van der Waals surface area contributed by atoms with Gasteiger partial charge in [0.25, 0.3) is 5.91 Å². The molecule has 0 aromatic carbocycles. The molecule has 0 saturated heterocycles. The molecule has 26 heavy (non-hydrogen) atoms. The number of thioether (sulfide) groups is 1. The summed E-state index contributed by atoms with van der Waals surface area (Å²) >= 11 is 1.40. The number of rotatable bonds is 8. The van der Waals surface area contributed by atoms with Crippen LogP contribution in [0.3, 0.4) is 0 Å². The van der Waals surface area contributed by atoms with Gasteiger partial charge >= 0.3 is 0 Å². The molecule has 0 fully saturated rings. The van der Waals surface area contributed by atoms with Gasteiger partial charge in [0.1, 0.15) is 5.84 Å². The number of unbranched alkanes of at least 4 members (excludes halogenated alkanes) is 1. The molecule has 0 atom stereocenters. The smallest absolute Gasteiger partial charge is 0.254 e. The molecule has 0 radical (unpaired) electrons. The number of nitrogens with two attached hydrogens (primary N) is 2. The standard InChI is InChI=1S/C18H32N4O2SSi/c1-13(25-4)21-17-14(12-19)15(20)11-16(23)22(17)10-8-7-9-18(2,3)26(5,6)24/h11-12,24H,1,7-10,19-20H2,2-6H3/b14-12-,21-17+. The maximum absolute atomic E-state index is 12.4. The number of nitrogens with zero attached hydrogens (tertiary/aromatic N) is 2. The van der Waals surface area contributed by atoms with Crippen LogP contribution in [0.2, 0.25) is 18.1 Å². The molecular weight excluding hydrogens is 364 g/mol. The third-order valence-electron chi connectivity index (χ3n) is 5.08. The first-order valence-corrected chi connectivity index (χ1v) is 12.9. The van der Waals surface area contributed by atoms with Crippen LogP contribution in [-0.4, -0.2) is 42.6 Å². The first kappa shape index (κ1) is 22.5. The van der Waals surface area contributed by atoms with Crippen molar-refractivity contribution in [2.75, 3.05) is 12.8 Å². The van der Waals surface area contributed by atoms with Crippen molar-refractivity contribution in [3.63, 3.8) is 0 Å². The Morgan fingerprint density at radius 2 is 2.08 bits per heavy atom. The van der Waals surface area contributed by atoms with Crippen molar-refractivity contribution in [1.29, 1.82) is 0 Å². The normalized spacial score (nSPS) is 19.2. The summed E-state index contributed by atoms with van der Waals surface area (Å²) in [5.74, 6) is 0.254. The number of aliphatic imine (C=N–C) groups is 1. The number of hydrogen-bond donors (Lipinski definition) is 3. The van der Waals surface area contributed by atoms with Gasteiger partial charge < -0.3 is 16.3 Å². The summed E-state index contributed by atoms with van der Waals surface area (Å²) in [6.07, 6.45) is 7.25. The molecular formula is C18H32N4O2SSi. The fraction of sp³-hybridized carbons (Fsp3) is 0.556. The SMILES string of the molecule is C=C(/N=C1\C(=C/N)C(N)=CC(=O)N1CCCCC(C)(C)[Si](C)(C)O)SC. The number of carbonyl (C=O) groups excluding carboxylic acids is 1. The Kier molecular flexibility index (Phi) is 7.73. The highest BCUT2D eigenvalue weighted by Gasteiger charge is 2.37. The summed E-state index contributed by atoms with van der Waals surface area (Å²) in [6.45, 7) is 12.5. The van der Waals surface area contributed by atoms with Crippen molar-refractivity contribution in [2.24, 2.45) is 16.5 Å². The van der Waals surface area contributed by atoms with E-state index < -0.39 is 8.32 Å². The molecule has 1 aliphatic rings. The van der Waals surface area contributed by atoms with Gasteiger partial charge in [0.15, 0.2) is 8.32 Å². The van der Waals surface area contributed by atoms with E-state index in [1.807, 2.05) is 19.3 Å². The Balaban J connectivity index is 2.90. The van der Waals surface area contributed by atoms with Crippen LogP contribution in [0.1, 0.15) is 33.1 Å². The number of hydrogen-bond acceptors (Lipinski definition) is 6. The average molecular weight is 397 g/mol. The fourth-order valence-electron chi connectivity index (χ4n) is 2.48. The van der Waals surface area contributed by atoms with Gasteiger partial charge in [0.05, 0.1) is 10.6 Å². The molecule has 146 valence electrons. The van der Waals surface area contributed by atoms with Gasteiger partial charge in [0, 0.05) is 24.5 Å². The zero-order valence-corrected chi connectivity index (χ0v) is 18.3. The summed E-state index contributed by atoms with van der Waals surface area (Å²) < 4.78 is 0. The van der Waals surface area contributed by atoms with E-state index in [0.717, 1.165) is 19.3 Å². The zero-order chi connectivity index (χ0) is 20.1. The van der Waals surface area contributed by atoms with Crippen LogP contribution in [0.5, 0.6) is 0 Å². The van der Waals surface area contributed by atoms with E-state index in [1.165, 1.54) is 24.0 Å². The summed E-state index contributed by atoms with van der Waals surface area (Å²) in [4.78, 5) is 28.9. The Labute approximate surface area is 162 Å². The predicted molar refractivity (Wildman–Crippen MR) is 114 cm³/mol. The summed E-state index contributed by atoms with van der Waals surface area (Å²) in [5, 5.41) is 0.510. The lowest BCUT2D eigenvalue weighted by Crippen LogP contribution is -2.43. The molecule has 0 aromatic heterocycles. The van der Waals surface area contributed by atoms with Gasteiger partial charge in [0.2, 0.25) is 0 Å². The number of carbonyl (C=O) groups is 1. The van der Waals surface area contributed by atoms with Crippen molar-refractivity contribution >= 4 is 31.8 Å². The highest BCUT2D eigenvalue weighted by molar-refractivity contribution is 8.02. The third-order valence-corrected chi connectivity index (χ3v) is 9.20. The molecule has 8 heteroatoms. The largest absolute Gasteiger partial charge is 0.432 e. The Morgan fingerprint density at radius 3 is 2.58 bits per heavy atom. The van der Waals surface area contributed by atoms with Crippen molar-refractivity contribution < 1.29 is 9.59 Å². The minimum absolute atomic E-state index is 0.0738. The fourth-order valence-corrected chi connectivity index (χ4v) is 3.45. The van der Waals surface area contributed by atoms with E-state index in [1.54, 1.807) is 4.90 Å². The molecule has 1 rings (SSSR count). The monoisotopic (exact) mass is 396 g/mol. The lowest BCUT2D eigenvalue weighted by Gasteiger charge is -2.35. The second-order valence-electron chi connectivity index (χ2n) is 7.60. The highest BCUT2D eigenvalue weighted by atomic mass is 32.2. The second-order valence-corrected chi connectivity index (χ2v) is 13.0. The highest BCUT2D eigenvalue weighted by Crippen LogP contribution is 2.40. The van der Waals surface area contributed by atoms with Gasteiger partial charge in [-0.1, -0.05) is 26.8 Å². The molecule has 1 heterocycles. The topological polar surface area (TPSA) is 105 Å². The lowest BCUT2D eigenvalue weighted by molar-refractivity contribution is -0.122. The lowest BCUT2D eigenvalue weighted by atomic mass is 10.0. The van der Waals surface area contributed by atoms with Crippen LogP contribution in [0.25, 0.3) is 0 Å². The Hall–Kier alpha value is -1.51. The molecule has 0 bridgehead atoms. The number of amidine groups is 1. The zero-order valence-electron chi connectivity index (χ0n) is 16.5. The van der Waals surface area contributed by atoms with Crippen molar-refractivity contribution in [2.45, 2.75) is 51.2 Å². The van der Waals surface area contributed by atoms with Crippen LogP contribution in [0, 0.1) is 0 Å². The molecule has 1 aliphatic heterocycles. The van der Waals surface area contributed by atoms with E-state index >= 15 is 0 Å². The molecule has 0 spiro atoms. The summed E-state index contributed by atoms with van der Waals surface area (Å²) in [5.41, 5.74) is 12.5. The molecule has 0 saturated carbocycles. The van der Waals surface area contributed by atoms with Gasteiger partial charge in [-0.25, -0.2) is 4.99 Å². The van der Waals surface area contributed by atoms with E-state index in [9.17, 15) is 9.59 Å². The van der Waals surface area contributed by atoms with Gasteiger partial charge in [-0.3, -0.25) is 9.69 Å². The molecule has 0 unspecified atom stereocenters. The van der Waals surface area contributed by atoms with E-state index in [4.69, 9.17) is 11.5 Å². The van der Waals surface area contributed by atoms with Crippen LogP contribution in [0.15, 0.2) is 40.1 Å². The first-order chi connectivity index (χ1) is 11.9. The van der Waals surface area contributed by atoms with E-state index in [2.05, 4.69) is 25.4 Å². The molecule has 5 N–H and O–H groups in total. The first-order valence-electron chi connectivity index (χ1n) is 8.70. The van der Waals surface area contributed by atoms with Crippen LogP contribution in [-0.2, 0) is 4.79 Å². The predicted octanol–water partition coefficient (Wildman–Crippen LogP) is 2.89. The quantitative estimate of drug-likeness (QED) is 0.432.